The van der Waals surface area contributed by atoms with Gasteiger partial charge in [0.05, 0.1) is 5.69 Å². The van der Waals surface area contributed by atoms with Gasteiger partial charge >= 0.3 is 0 Å². The first-order chi connectivity index (χ1) is 13.1. The Hall–Kier alpha value is -1.86. The summed E-state index contributed by atoms with van der Waals surface area (Å²) in [5, 5.41) is 16.7. The van der Waals surface area contributed by atoms with Crippen molar-refractivity contribution in [1.29, 1.82) is 0 Å². The Morgan fingerprint density at radius 2 is 1.89 bits per heavy atom. The van der Waals surface area contributed by atoms with Crippen LogP contribution in [0.5, 0.6) is 0 Å². The molecular formula is C20H28FN3O2S. The van der Waals surface area contributed by atoms with Gasteiger partial charge in [0.1, 0.15) is 11.5 Å². The first-order valence-corrected chi connectivity index (χ1v) is 10.0. The van der Waals surface area contributed by atoms with Crippen LogP contribution in [-0.2, 0) is 6.54 Å². The Morgan fingerprint density at radius 1 is 1.19 bits per heavy atom. The second-order valence-electron chi connectivity index (χ2n) is 6.52. The number of nitrogens with zero attached hydrogens (tertiary/aromatic N) is 2. The molecule has 0 atom stereocenters. The standard InChI is InChI=1S/C20H28FN3O2S/c1-15-18(16-7-9-17(21)10-8-16)23-24(12-6-13-25)19(15)20(26)22-11-4-2-3-5-14-27/h7-10,25,27H,2-6,11-14H2,1H3,(H,22,26). The van der Waals surface area contributed by atoms with Crippen LogP contribution in [0, 0.1) is 12.7 Å². The highest BCUT2D eigenvalue weighted by atomic mass is 32.1. The second-order valence-corrected chi connectivity index (χ2v) is 6.97. The minimum absolute atomic E-state index is 0.0248. The zero-order chi connectivity index (χ0) is 19.6. The predicted molar refractivity (Wildman–Crippen MR) is 109 cm³/mol. The number of hydrogen-bond donors (Lipinski definition) is 3. The van der Waals surface area contributed by atoms with Gasteiger partial charge in [-0.25, -0.2) is 4.39 Å². The first-order valence-electron chi connectivity index (χ1n) is 9.41. The van der Waals surface area contributed by atoms with Gasteiger partial charge in [-0.15, -0.1) is 0 Å². The Kier molecular flexibility index (Phi) is 8.81. The van der Waals surface area contributed by atoms with E-state index in [2.05, 4.69) is 23.0 Å². The molecule has 1 aromatic heterocycles. The number of benzene rings is 1. The molecule has 0 aliphatic rings. The summed E-state index contributed by atoms with van der Waals surface area (Å²) >= 11 is 4.20. The van der Waals surface area contributed by atoms with E-state index in [4.69, 9.17) is 5.11 Å². The van der Waals surface area contributed by atoms with Crippen molar-refractivity contribution >= 4 is 18.5 Å². The molecule has 0 aliphatic carbocycles. The number of aliphatic hydroxyl groups excluding tert-OH is 1. The number of carbonyl (C=O) groups is 1. The van der Waals surface area contributed by atoms with Crippen molar-refractivity contribution in [2.45, 2.75) is 45.6 Å². The predicted octanol–water partition coefficient (Wildman–Crippen LogP) is 3.60. The first kappa shape index (κ1) is 21.4. The van der Waals surface area contributed by atoms with E-state index in [0.29, 0.717) is 30.9 Å². The highest BCUT2D eigenvalue weighted by Gasteiger charge is 2.21. The molecule has 0 bridgehead atoms. The summed E-state index contributed by atoms with van der Waals surface area (Å²) in [4.78, 5) is 12.7. The lowest BCUT2D eigenvalue weighted by Crippen LogP contribution is -2.28. The number of carbonyl (C=O) groups excluding carboxylic acids is 1. The second kappa shape index (κ2) is 11.1. The van der Waals surface area contributed by atoms with E-state index < -0.39 is 0 Å². The normalized spacial score (nSPS) is 11.0. The van der Waals surface area contributed by atoms with Gasteiger partial charge in [-0.3, -0.25) is 9.48 Å². The number of aromatic nitrogens is 2. The number of halogens is 1. The fourth-order valence-corrected chi connectivity index (χ4v) is 3.20. The lowest BCUT2D eigenvalue weighted by atomic mass is 10.1. The highest BCUT2D eigenvalue weighted by Crippen LogP contribution is 2.25. The van der Waals surface area contributed by atoms with Crippen LogP contribution in [0.1, 0.15) is 48.2 Å². The Bertz CT molecular complexity index is 732. The summed E-state index contributed by atoms with van der Waals surface area (Å²) in [6, 6.07) is 6.08. The maximum Gasteiger partial charge on any atom is 0.269 e. The molecule has 0 saturated heterocycles. The third kappa shape index (κ3) is 6.07. The average molecular weight is 394 g/mol. The molecule has 27 heavy (non-hydrogen) atoms. The van der Waals surface area contributed by atoms with Gasteiger partial charge in [-0.2, -0.15) is 17.7 Å². The smallest absolute Gasteiger partial charge is 0.269 e. The van der Waals surface area contributed by atoms with E-state index in [0.717, 1.165) is 42.6 Å². The number of thiol groups is 1. The van der Waals surface area contributed by atoms with Crippen LogP contribution < -0.4 is 5.32 Å². The van der Waals surface area contributed by atoms with Crippen molar-refractivity contribution in [3.63, 3.8) is 0 Å². The zero-order valence-electron chi connectivity index (χ0n) is 15.7. The minimum atomic E-state index is -0.313. The molecule has 2 rings (SSSR count). The molecule has 1 amide bonds. The summed E-state index contributed by atoms with van der Waals surface area (Å²) < 4.78 is 14.9. The van der Waals surface area contributed by atoms with E-state index in [1.54, 1.807) is 16.8 Å². The molecule has 7 heteroatoms. The van der Waals surface area contributed by atoms with Gasteiger partial charge in [-0.05, 0) is 56.2 Å². The molecule has 0 spiro atoms. The summed E-state index contributed by atoms with van der Waals surface area (Å²) in [5.74, 6) is 0.411. The van der Waals surface area contributed by atoms with E-state index in [9.17, 15) is 9.18 Å². The van der Waals surface area contributed by atoms with Gasteiger partial charge in [0.15, 0.2) is 0 Å². The molecule has 0 saturated carbocycles. The van der Waals surface area contributed by atoms with E-state index >= 15 is 0 Å². The van der Waals surface area contributed by atoms with Gasteiger partial charge in [0.25, 0.3) is 5.91 Å². The van der Waals surface area contributed by atoms with Crippen LogP contribution in [0.2, 0.25) is 0 Å². The molecule has 148 valence electrons. The number of nitrogens with one attached hydrogen (secondary N) is 1. The Labute approximate surface area is 165 Å². The molecule has 0 radical (unpaired) electrons. The van der Waals surface area contributed by atoms with Gasteiger partial charge in [-0.1, -0.05) is 12.8 Å². The van der Waals surface area contributed by atoms with Crippen LogP contribution in [0.4, 0.5) is 4.39 Å². The molecular weight excluding hydrogens is 365 g/mol. The minimum Gasteiger partial charge on any atom is -0.396 e. The molecule has 2 N–H and O–H groups in total. The van der Waals surface area contributed by atoms with Crippen LogP contribution >= 0.6 is 12.6 Å². The van der Waals surface area contributed by atoms with Crippen molar-refractivity contribution in [2.75, 3.05) is 18.9 Å². The van der Waals surface area contributed by atoms with Crippen molar-refractivity contribution < 1.29 is 14.3 Å². The van der Waals surface area contributed by atoms with Crippen molar-refractivity contribution in [3.8, 4) is 11.3 Å². The Balaban J connectivity index is 2.15. The third-order valence-electron chi connectivity index (χ3n) is 4.42. The van der Waals surface area contributed by atoms with Crippen LogP contribution in [0.15, 0.2) is 24.3 Å². The number of aryl methyl sites for hydroxylation is 1. The summed E-state index contributed by atoms with van der Waals surface area (Å²) in [7, 11) is 0. The molecule has 1 aromatic carbocycles. The Morgan fingerprint density at radius 3 is 2.56 bits per heavy atom. The quantitative estimate of drug-likeness (QED) is 0.404. The lowest BCUT2D eigenvalue weighted by Gasteiger charge is -2.09. The zero-order valence-corrected chi connectivity index (χ0v) is 16.6. The SMILES string of the molecule is Cc1c(-c2ccc(F)cc2)nn(CCCO)c1C(=O)NCCCCCCS. The molecule has 1 heterocycles. The third-order valence-corrected chi connectivity index (χ3v) is 4.74. The number of rotatable bonds is 11. The average Bonchev–Trinajstić information content (AvgIpc) is 2.99. The van der Waals surface area contributed by atoms with Crippen molar-refractivity contribution in [2.24, 2.45) is 0 Å². The summed E-state index contributed by atoms with van der Waals surface area (Å²) in [6.45, 7) is 2.94. The van der Waals surface area contributed by atoms with Gasteiger partial charge in [0, 0.05) is 30.8 Å². The topological polar surface area (TPSA) is 67.1 Å². The molecule has 0 unspecified atom stereocenters. The molecule has 0 aliphatic heterocycles. The fraction of sp³-hybridized carbons (Fsp3) is 0.500. The number of aliphatic hydroxyl groups is 1. The van der Waals surface area contributed by atoms with E-state index in [1.807, 2.05) is 6.92 Å². The molecule has 5 nitrogen and oxygen atoms in total. The number of hydrogen-bond acceptors (Lipinski definition) is 4. The van der Waals surface area contributed by atoms with Crippen LogP contribution in [-0.4, -0.2) is 39.7 Å². The monoisotopic (exact) mass is 393 g/mol. The van der Waals surface area contributed by atoms with Crippen molar-refractivity contribution in [3.05, 3.63) is 41.3 Å². The van der Waals surface area contributed by atoms with Gasteiger partial charge in [0.2, 0.25) is 0 Å². The molecule has 0 fully saturated rings. The van der Waals surface area contributed by atoms with E-state index in [-0.39, 0.29) is 18.3 Å². The maximum absolute atomic E-state index is 13.2. The largest absolute Gasteiger partial charge is 0.396 e. The van der Waals surface area contributed by atoms with Crippen LogP contribution in [0.25, 0.3) is 11.3 Å². The van der Waals surface area contributed by atoms with Gasteiger partial charge < -0.3 is 10.4 Å². The number of unbranched alkanes of at least 4 members (excludes halogenated alkanes) is 3. The van der Waals surface area contributed by atoms with Crippen LogP contribution in [0.3, 0.4) is 0 Å². The van der Waals surface area contributed by atoms with E-state index in [1.165, 1.54) is 12.1 Å². The lowest BCUT2D eigenvalue weighted by molar-refractivity contribution is 0.0940. The van der Waals surface area contributed by atoms with Crippen molar-refractivity contribution in [1.82, 2.24) is 15.1 Å². The summed E-state index contributed by atoms with van der Waals surface area (Å²) in [6.07, 6.45) is 4.69. The summed E-state index contributed by atoms with van der Waals surface area (Å²) in [5.41, 5.74) is 2.68. The molecule has 2 aromatic rings. The fourth-order valence-electron chi connectivity index (χ4n) is 2.98. The number of amides is 1. The highest BCUT2D eigenvalue weighted by molar-refractivity contribution is 7.80. The maximum atomic E-state index is 13.2.